The van der Waals surface area contributed by atoms with E-state index in [0.29, 0.717) is 12.2 Å². The second-order valence-corrected chi connectivity index (χ2v) is 4.64. The van der Waals surface area contributed by atoms with Crippen molar-refractivity contribution in [3.63, 3.8) is 0 Å². The Morgan fingerprint density at radius 1 is 1.38 bits per heavy atom. The number of carbonyl (C=O) groups is 1. The molecular weight excluding hydrogens is 272 g/mol. The monoisotopic (exact) mass is 288 g/mol. The molecule has 0 bridgehead atoms. The first-order chi connectivity index (χ1) is 10.1. The first-order valence-corrected chi connectivity index (χ1v) is 6.56. The molecule has 7 heteroatoms. The summed E-state index contributed by atoms with van der Waals surface area (Å²) in [7, 11) is 0. The van der Waals surface area contributed by atoms with Crippen LogP contribution < -0.4 is 5.32 Å². The van der Waals surface area contributed by atoms with Crippen LogP contribution in [0.1, 0.15) is 11.3 Å². The smallest absolute Gasteiger partial charge is 0.358 e. The van der Waals surface area contributed by atoms with E-state index >= 15 is 0 Å². The lowest BCUT2D eigenvalue weighted by molar-refractivity contribution is -0.389. The Kier molecular flexibility index (Phi) is 4.65. The molecule has 0 spiro atoms. The number of rotatable bonds is 6. The van der Waals surface area contributed by atoms with E-state index < -0.39 is 4.92 Å². The fourth-order valence-corrected chi connectivity index (χ4v) is 1.92. The normalized spacial score (nSPS) is 10.3. The van der Waals surface area contributed by atoms with Crippen molar-refractivity contribution >= 4 is 11.7 Å². The van der Waals surface area contributed by atoms with Gasteiger partial charge in [0.1, 0.15) is 6.54 Å². The van der Waals surface area contributed by atoms with Crippen LogP contribution in [0.15, 0.2) is 36.4 Å². The SMILES string of the molecule is Cc1cc([N+](=O)[O-])nn1CC(=O)NCCc1ccccc1. The zero-order chi connectivity index (χ0) is 15.2. The average Bonchev–Trinajstić information content (AvgIpc) is 2.81. The van der Waals surface area contributed by atoms with Crippen LogP contribution >= 0.6 is 0 Å². The Morgan fingerprint density at radius 3 is 2.71 bits per heavy atom. The van der Waals surface area contributed by atoms with Gasteiger partial charge in [-0.15, -0.1) is 0 Å². The number of amides is 1. The average molecular weight is 288 g/mol. The van der Waals surface area contributed by atoms with Crippen molar-refractivity contribution in [3.8, 4) is 0 Å². The van der Waals surface area contributed by atoms with Gasteiger partial charge in [0.05, 0.1) is 16.9 Å². The van der Waals surface area contributed by atoms with Crippen molar-refractivity contribution in [1.29, 1.82) is 0 Å². The molecule has 0 saturated heterocycles. The van der Waals surface area contributed by atoms with E-state index in [1.54, 1.807) is 6.92 Å². The number of nitrogens with zero attached hydrogens (tertiary/aromatic N) is 3. The summed E-state index contributed by atoms with van der Waals surface area (Å²) >= 11 is 0. The Balaban J connectivity index is 1.83. The van der Waals surface area contributed by atoms with Crippen molar-refractivity contribution in [1.82, 2.24) is 15.1 Å². The molecule has 0 aliphatic carbocycles. The molecular formula is C14H16N4O3. The molecule has 0 saturated carbocycles. The van der Waals surface area contributed by atoms with Crippen molar-refractivity contribution < 1.29 is 9.72 Å². The Bertz CT molecular complexity index is 637. The van der Waals surface area contributed by atoms with Gasteiger partial charge in [-0.3, -0.25) is 4.79 Å². The van der Waals surface area contributed by atoms with Gasteiger partial charge in [0.15, 0.2) is 0 Å². The second-order valence-electron chi connectivity index (χ2n) is 4.64. The molecule has 110 valence electrons. The maximum Gasteiger partial charge on any atom is 0.390 e. The third kappa shape index (κ3) is 4.13. The number of nitrogens with one attached hydrogen (secondary N) is 1. The minimum absolute atomic E-state index is 0.0194. The molecule has 0 atom stereocenters. The minimum Gasteiger partial charge on any atom is -0.358 e. The number of nitro groups is 1. The first kappa shape index (κ1) is 14.7. The van der Waals surface area contributed by atoms with Gasteiger partial charge in [-0.25, -0.2) is 0 Å². The highest BCUT2D eigenvalue weighted by atomic mass is 16.6. The zero-order valence-corrected chi connectivity index (χ0v) is 11.7. The number of benzene rings is 1. The van der Waals surface area contributed by atoms with Crippen molar-refractivity contribution in [2.75, 3.05) is 6.54 Å². The van der Waals surface area contributed by atoms with Crippen LogP contribution in [0.3, 0.4) is 0 Å². The summed E-state index contributed by atoms with van der Waals surface area (Å²) in [6, 6.07) is 11.2. The molecule has 0 aliphatic heterocycles. The van der Waals surface area contributed by atoms with Crippen LogP contribution in [0.5, 0.6) is 0 Å². The maximum absolute atomic E-state index is 11.8. The van der Waals surface area contributed by atoms with Gasteiger partial charge >= 0.3 is 5.82 Å². The van der Waals surface area contributed by atoms with Crippen LogP contribution in [0.4, 0.5) is 5.82 Å². The van der Waals surface area contributed by atoms with Crippen molar-refractivity contribution in [3.05, 3.63) is 57.8 Å². The van der Waals surface area contributed by atoms with Gasteiger partial charge in [-0.05, 0) is 23.8 Å². The molecule has 0 radical (unpaired) electrons. The third-order valence-corrected chi connectivity index (χ3v) is 3.03. The van der Waals surface area contributed by atoms with Crippen molar-refractivity contribution in [2.45, 2.75) is 19.9 Å². The van der Waals surface area contributed by atoms with E-state index in [-0.39, 0.29) is 18.3 Å². The lowest BCUT2D eigenvalue weighted by atomic mass is 10.1. The number of hydrogen-bond acceptors (Lipinski definition) is 4. The summed E-state index contributed by atoms with van der Waals surface area (Å²) in [5.41, 5.74) is 1.73. The summed E-state index contributed by atoms with van der Waals surface area (Å²) in [5.74, 6) is -0.461. The number of aromatic nitrogens is 2. The zero-order valence-electron chi connectivity index (χ0n) is 11.7. The Morgan fingerprint density at radius 2 is 2.10 bits per heavy atom. The van der Waals surface area contributed by atoms with E-state index in [9.17, 15) is 14.9 Å². The second kappa shape index (κ2) is 6.65. The lowest BCUT2D eigenvalue weighted by Crippen LogP contribution is -2.30. The highest BCUT2D eigenvalue weighted by Gasteiger charge is 2.17. The van der Waals surface area contributed by atoms with Crippen LogP contribution in [0.2, 0.25) is 0 Å². The van der Waals surface area contributed by atoms with E-state index in [0.717, 1.165) is 12.0 Å². The van der Waals surface area contributed by atoms with Gasteiger partial charge in [-0.2, -0.15) is 4.68 Å². The molecule has 0 aliphatic rings. The summed E-state index contributed by atoms with van der Waals surface area (Å²) in [4.78, 5) is 21.8. The van der Waals surface area contributed by atoms with Crippen LogP contribution in [0.25, 0.3) is 0 Å². The molecule has 1 heterocycles. The number of carbonyl (C=O) groups excluding carboxylic acids is 1. The Hall–Kier alpha value is -2.70. The molecule has 2 rings (SSSR count). The summed E-state index contributed by atoms with van der Waals surface area (Å²) in [5, 5.41) is 17.2. The number of aryl methyl sites for hydroxylation is 1. The summed E-state index contributed by atoms with van der Waals surface area (Å²) in [6.45, 7) is 2.18. The largest absolute Gasteiger partial charge is 0.390 e. The van der Waals surface area contributed by atoms with E-state index in [2.05, 4.69) is 10.4 Å². The maximum atomic E-state index is 11.8. The predicted octanol–water partition coefficient (Wildman–Crippen LogP) is 1.46. The highest BCUT2D eigenvalue weighted by Crippen LogP contribution is 2.10. The molecule has 0 fully saturated rings. The molecule has 0 unspecified atom stereocenters. The lowest BCUT2D eigenvalue weighted by Gasteiger charge is -2.04. The molecule has 1 aromatic heterocycles. The highest BCUT2D eigenvalue weighted by molar-refractivity contribution is 5.75. The topological polar surface area (TPSA) is 90.1 Å². The molecule has 1 amide bonds. The molecule has 21 heavy (non-hydrogen) atoms. The van der Waals surface area contributed by atoms with Crippen LogP contribution in [-0.2, 0) is 17.8 Å². The molecule has 7 nitrogen and oxygen atoms in total. The van der Waals surface area contributed by atoms with E-state index in [1.165, 1.54) is 10.7 Å². The fourth-order valence-electron chi connectivity index (χ4n) is 1.92. The number of hydrogen-bond donors (Lipinski definition) is 1. The van der Waals surface area contributed by atoms with Crippen LogP contribution in [0, 0.1) is 17.0 Å². The van der Waals surface area contributed by atoms with Gasteiger partial charge in [0.2, 0.25) is 5.91 Å². The van der Waals surface area contributed by atoms with Gasteiger partial charge in [0, 0.05) is 6.54 Å². The summed E-state index contributed by atoms with van der Waals surface area (Å²) < 4.78 is 1.33. The van der Waals surface area contributed by atoms with Gasteiger partial charge in [-0.1, -0.05) is 30.3 Å². The fraction of sp³-hybridized carbons (Fsp3) is 0.286. The van der Waals surface area contributed by atoms with E-state index in [4.69, 9.17) is 0 Å². The third-order valence-electron chi connectivity index (χ3n) is 3.03. The minimum atomic E-state index is -0.573. The predicted molar refractivity (Wildman–Crippen MR) is 76.8 cm³/mol. The first-order valence-electron chi connectivity index (χ1n) is 6.56. The Labute approximate surface area is 121 Å². The molecule has 1 N–H and O–H groups in total. The van der Waals surface area contributed by atoms with Gasteiger partial charge < -0.3 is 15.4 Å². The molecule has 1 aromatic carbocycles. The summed E-state index contributed by atoms with van der Waals surface area (Å²) in [6.07, 6.45) is 0.741. The van der Waals surface area contributed by atoms with Crippen LogP contribution in [-0.4, -0.2) is 27.2 Å². The molecule has 2 aromatic rings. The van der Waals surface area contributed by atoms with E-state index in [1.807, 2.05) is 30.3 Å². The quantitative estimate of drug-likeness (QED) is 0.643. The van der Waals surface area contributed by atoms with Crippen molar-refractivity contribution in [2.24, 2.45) is 0 Å². The van der Waals surface area contributed by atoms with Gasteiger partial charge in [0.25, 0.3) is 0 Å². The standard InChI is InChI=1S/C14H16N4O3/c1-11-9-13(18(20)21)16-17(11)10-14(19)15-8-7-12-5-3-2-4-6-12/h2-6,9H,7-8,10H2,1H3,(H,15,19).